The van der Waals surface area contributed by atoms with Crippen molar-refractivity contribution >= 4 is 22.7 Å². The molecule has 4 aromatic carbocycles. The van der Waals surface area contributed by atoms with Gasteiger partial charge in [0.1, 0.15) is 11.3 Å². The van der Waals surface area contributed by atoms with Crippen LogP contribution in [-0.4, -0.2) is 0 Å². The first-order valence-corrected chi connectivity index (χ1v) is 21.0. The van der Waals surface area contributed by atoms with Gasteiger partial charge in [-0.2, -0.15) is 0 Å². The van der Waals surface area contributed by atoms with Gasteiger partial charge in [-0.25, -0.2) is 0 Å². The Kier molecular flexibility index (Phi) is 10.7. The van der Waals surface area contributed by atoms with Crippen LogP contribution < -0.4 is 4.90 Å². The van der Waals surface area contributed by atoms with Crippen molar-refractivity contribution in [3.8, 4) is 22.3 Å². The zero-order valence-corrected chi connectivity index (χ0v) is 33.7. The van der Waals surface area contributed by atoms with Gasteiger partial charge in [0, 0.05) is 41.1 Å². The van der Waals surface area contributed by atoms with Crippen LogP contribution in [0.4, 0.5) is 5.69 Å². The molecule has 0 aliphatic heterocycles. The van der Waals surface area contributed by atoms with Crippen molar-refractivity contribution in [1.29, 1.82) is 0 Å². The normalized spacial score (nSPS) is 20.2. The molecule has 1 aromatic heterocycles. The Bertz CT molecular complexity index is 2640. The average molecular weight is 754 g/mol. The molecule has 3 unspecified atom stereocenters. The van der Waals surface area contributed by atoms with Crippen molar-refractivity contribution in [1.82, 2.24) is 0 Å². The SMILES string of the molecule is C=C/C=C\C(=C/N(C1=CCC(c2ccccc2)C=C1)c1ccc(-c2ccc3c(c2)-c2c(oc4ccccc24)CC3)cc1/C=C\C=C/C)C1C=CC2=C(CC(C)C=C2)C1. The molecule has 0 saturated carbocycles. The molecule has 2 heteroatoms. The largest absolute Gasteiger partial charge is 0.460 e. The maximum atomic E-state index is 6.37. The summed E-state index contributed by atoms with van der Waals surface area (Å²) in [6, 6.07) is 33.3. The van der Waals surface area contributed by atoms with E-state index in [0.717, 1.165) is 54.7 Å². The van der Waals surface area contributed by atoms with Crippen LogP contribution in [0.1, 0.15) is 61.5 Å². The van der Waals surface area contributed by atoms with Crippen LogP contribution in [-0.2, 0) is 12.8 Å². The monoisotopic (exact) mass is 753 g/mol. The molecular formula is C56H51NO. The molecule has 5 aromatic rings. The van der Waals surface area contributed by atoms with E-state index in [1.807, 2.05) is 6.08 Å². The van der Waals surface area contributed by atoms with E-state index in [2.05, 4.69) is 202 Å². The van der Waals surface area contributed by atoms with Gasteiger partial charge in [-0.05, 0) is 113 Å². The van der Waals surface area contributed by atoms with E-state index in [1.165, 1.54) is 55.6 Å². The first-order valence-electron chi connectivity index (χ1n) is 21.0. The Hall–Kier alpha value is -6.38. The first kappa shape index (κ1) is 37.2. The third kappa shape index (κ3) is 7.55. The lowest BCUT2D eigenvalue weighted by Crippen LogP contribution is -2.20. The third-order valence-corrected chi connectivity index (χ3v) is 12.1. The summed E-state index contributed by atoms with van der Waals surface area (Å²) >= 11 is 0. The maximum absolute atomic E-state index is 6.37. The van der Waals surface area contributed by atoms with Crippen molar-refractivity contribution < 1.29 is 4.42 Å². The number of benzene rings is 4. The summed E-state index contributed by atoms with van der Waals surface area (Å²) in [7, 11) is 0. The average Bonchev–Trinajstić information content (AvgIpc) is 3.66. The minimum atomic E-state index is 0.252. The van der Waals surface area contributed by atoms with Gasteiger partial charge < -0.3 is 9.32 Å². The van der Waals surface area contributed by atoms with Crippen LogP contribution in [0.25, 0.3) is 39.3 Å². The van der Waals surface area contributed by atoms with Gasteiger partial charge in [-0.1, -0.05) is 165 Å². The number of fused-ring (bicyclic) bond motifs is 5. The second-order valence-corrected chi connectivity index (χ2v) is 16.0. The van der Waals surface area contributed by atoms with Crippen molar-refractivity contribution in [2.24, 2.45) is 11.8 Å². The lowest BCUT2D eigenvalue weighted by atomic mass is 9.79. The standard InChI is InChI=1S/C56H51NO/c1-4-6-9-17-47-35-44(46-25-23-43-29-33-55-56(52(43)37-46)51-18-12-13-19-54(51)58-55)28-32-53(47)57(50-30-26-41(27-31-50)40-15-10-8-11-16-40)38-48(14-7-5-2)45-24-22-42-21-20-39(3)34-49(42)36-45/h4-26,28,30-32,35,37-39,41,45H,2,27,29,33-34,36H2,1,3H3/b6-4-,14-7-,17-9-,48-38+. The van der Waals surface area contributed by atoms with Crippen molar-refractivity contribution in [3.63, 3.8) is 0 Å². The van der Waals surface area contributed by atoms with Gasteiger partial charge in [-0.15, -0.1) is 0 Å². The summed E-state index contributed by atoms with van der Waals surface area (Å²) in [4.78, 5) is 2.43. The van der Waals surface area contributed by atoms with Gasteiger partial charge in [-0.3, -0.25) is 0 Å². The summed E-state index contributed by atoms with van der Waals surface area (Å²) < 4.78 is 6.37. The Morgan fingerprint density at radius 3 is 2.48 bits per heavy atom. The number of anilines is 1. The highest BCUT2D eigenvalue weighted by molar-refractivity contribution is 5.98. The van der Waals surface area contributed by atoms with E-state index < -0.39 is 0 Å². The second kappa shape index (κ2) is 16.6. The Labute approximate surface area is 344 Å². The first-order chi connectivity index (χ1) is 28.6. The summed E-state index contributed by atoms with van der Waals surface area (Å²) in [5.41, 5.74) is 16.3. The molecule has 0 radical (unpaired) electrons. The second-order valence-electron chi connectivity index (χ2n) is 16.0. The van der Waals surface area contributed by atoms with E-state index in [-0.39, 0.29) is 5.92 Å². The number of para-hydroxylation sites is 1. The van der Waals surface area contributed by atoms with E-state index in [0.29, 0.717) is 11.8 Å². The number of allylic oxidation sites excluding steroid dienone is 16. The van der Waals surface area contributed by atoms with Crippen LogP contribution in [0.3, 0.4) is 0 Å². The highest BCUT2D eigenvalue weighted by atomic mass is 16.3. The van der Waals surface area contributed by atoms with Crippen LogP contribution >= 0.6 is 0 Å². The zero-order valence-electron chi connectivity index (χ0n) is 33.7. The Balaban J connectivity index is 1.15. The van der Waals surface area contributed by atoms with Gasteiger partial charge in [0.15, 0.2) is 0 Å². The highest BCUT2D eigenvalue weighted by Crippen LogP contribution is 2.44. The van der Waals surface area contributed by atoms with Crippen molar-refractivity contribution in [3.05, 3.63) is 228 Å². The minimum absolute atomic E-state index is 0.252. The number of aryl methyl sites for hydroxylation is 2. The number of furan rings is 1. The van der Waals surface area contributed by atoms with Crippen LogP contribution in [0.5, 0.6) is 0 Å². The molecule has 0 bridgehead atoms. The molecule has 4 aliphatic carbocycles. The maximum Gasteiger partial charge on any atom is 0.134 e. The Morgan fingerprint density at radius 2 is 1.64 bits per heavy atom. The highest BCUT2D eigenvalue weighted by Gasteiger charge is 2.26. The van der Waals surface area contributed by atoms with Gasteiger partial charge in [0.05, 0.1) is 5.69 Å². The quantitative estimate of drug-likeness (QED) is 0.132. The number of hydrogen-bond acceptors (Lipinski definition) is 2. The smallest absolute Gasteiger partial charge is 0.134 e. The Morgan fingerprint density at radius 1 is 0.810 bits per heavy atom. The van der Waals surface area contributed by atoms with Crippen molar-refractivity contribution in [2.45, 2.75) is 51.9 Å². The van der Waals surface area contributed by atoms with Gasteiger partial charge in [0.2, 0.25) is 0 Å². The predicted octanol–water partition coefficient (Wildman–Crippen LogP) is 15.0. The van der Waals surface area contributed by atoms with Crippen LogP contribution in [0.15, 0.2) is 210 Å². The number of nitrogens with zero attached hydrogens (tertiary/aromatic N) is 1. The molecule has 2 nitrogen and oxygen atoms in total. The molecule has 1 heterocycles. The van der Waals surface area contributed by atoms with Crippen molar-refractivity contribution in [2.75, 3.05) is 4.90 Å². The molecule has 0 fully saturated rings. The molecule has 286 valence electrons. The molecule has 0 spiro atoms. The topological polar surface area (TPSA) is 16.4 Å². The molecule has 4 aliphatic rings. The lowest BCUT2D eigenvalue weighted by Gasteiger charge is -2.31. The summed E-state index contributed by atoms with van der Waals surface area (Å²) in [5.74, 6) is 2.26. The molecular weight excluding hydrogens is 703 g/mol. The van der Waals surface area contributed by atoms with Crippen LogP contribution in [0.2, 0.25) is 0 Å². The number of rotatable bonds is 10. The molecule has 3 atom stereocenters. The number of hydrogen-bond donors (Lipinski definition) is 0. The third-order valence-electron chi connectivity index (χ3n) is 12.1. The van der Waals surface area contributed by atoms with E-state index in [1.54, 1.807) is 5.57 Å². The summed E-state index contributed by atoms with van der Waals surface area (Å²) in [6.07, 6.45) is 38.7. The fourth-order valence-electron chi connectivity index (χ4n) is 9.11. The predicted molar refractivity (Wildman–Crippen MR) is 246 cm³/mol. The molecule has 58 heavy (non-hydrogen) atoms. The minimum Gasteiger partial charge on any atom is -0.460 e. The van der Waals surface area contributed by atoms with E-state index in [9.17, 15) is 0 Å². The van der Waals surface area contributed by atoms with E-state index >= 15 is 0 Å². The molecule has 0 amide bonds. The summed E-state index contributed by atoms with van der Waals surface area (Å²) in [6.45, 7) is 8.44. The molecule has 0 saturated heterocycles. The van der Waals surface area contributed by atoms with Gasteiger partial charge >= 0.3 is 0 Å². The van der Waals surface area contributed by atoms with E-state index in [4.69, 9.17) is 4.42 Å². The molecule has 0 N–H and O–H groups in total. The van der Waals surface area contributed by atoms with Gasteiger partial charge in [0.25, 0.3) is 0 Å². The van der Waals surface area contributed by atoms with Crippen LogP contribution in [0, 0.1) is 11.8 Å². The lowest BCUT2D eigenvalue weighted by molar-refractivity contribution is 0.546. The zero-order chi connectivity index (χ0) is 39.4. The molecule has 9 rings (SSSR count). The summed E-state index contributed by atoms with van der Waals surface area (Å²) in [5, 5.41) is 1.20. The fourth-order valence-corrected chi connectivity index (χ4v) is 9.11. The fraction of sp³-hybridized carbons (Fsp3) is 0.179.